The van der Waals surface area contributed by atoms with Crippen LogP contribution < -0.4 is 15.2 Å². The summed E-state index contributed by atoms with van der Waals surface area (Å²) in [5.41, 5.74) is 7.35. The van der Waals surface area contributed by atoms with Gasteiger partial charge in [-0.2, -0.15) is 0 Å². The van der Waals surface area contributed by atoms with Crippen molar-refractivity contribution < 1.29 is 14.3 Å². The van der Waals surface area contributed by atoms with Crippen LogP contribution in [0.3, 0.4) is 0 Å². The molecule has 2 atom stereocenters. The first-order valence-electron chi connectivity index (χ1n) is 6.56. The molecular formula is C14H18N2O3. The second-order valence-electron chi connectivity index (χ2n) is 5.11. The summed E-state index contributed by atoms with van der Waals surface area (Å²) < 4.78 is 10.9. The summed E-state index contributed by atoms with van der Waals surface area (Å²) in [6.45, 7) is 3.21. The second-order valence-corrected chi connectivity index (χ2v) is 5.11. The number of ether oxygens (including phenoxy) is 2. The van der Waals surface area contributed by atoms with E-state index in [9.17, 15) is 4.79 Å². The Morgan fingerprint density at radius 3 is 3.00 bits per heavy atom. The molecule has 0 spiro atoms. The minimum atomic E-state index is -0.0617. The third-order valence-electron chi connectivity index (χ3n) is 3.93. The molecular weight excluding hydrogens is 244 g/mol. The molecule has 0 saturated carbocycles. The fourth-order valence-corrected chi connectivity index (χ4v) is 2.90. The van der Waals surface area contributed by atoms with Crippen LogP contribution in [0.2, 0.25) is 0 Å². The molecule has 102 valence electrons. The molecule has 2 aliphatic rings. The number of amides is 1. The number of hydrogen-bond donors (Lipinski definition) is 1. The standard InChI is InChI=1S/C14H18N2O3/c1-9(17)16-6-5-10(12(15)7-16)11-3-2-4-13-14(11)19-8-18-13/h2-4,10,12H,5-8,15H2,1H3. The Morgan fingerprint density at radius 1 is 1.42 bits per heavy atom. The maximum Gasteiger partial charge on any atom is 0.231 e. The molecule has 2 N–H and O–H groups in total. The number of benzene rings is 1. The van der Waals surface area contributed by atoms with Crippen LogP contribution in [0.1, 0.15) is 24.8 Å². The van der Waals surface area contributed by atoms with Crippen LogP contribution in [-0.4, -0.2) is 36.7 Å². The fourth-order valence-electron chi connectivity index (χ4n) is 2.90. The zero-order valence-electron chi connectivity index (χ0n) is 11.0. The Bertz CT molecular complexity index is 503. The highest BCUT2D eigenvalue weighted by Crippen LogP contribution is 2.41. The van der Waals surface area contributed by atoms with Crippen LogP contribution in [0.5, 0.6) is 11.5 Å². The van der Waals surface area contributed by atoms with Crippen LogP contribution >= 0.6 is 0 Å². The maximum absolute atomic E-state index is 11.4. The minimum absolute atomic E-state index is 0.0617. The number of para-hydroxylation sites is 1. The summed E-state index contributed by atoms with van der Waals surface area (Å²) >= 11 is 0. The van der Waals surface area contributed by atoms with Gasteiger partial charge in [-0.1, -0.05) is 12.1 Å². The van der Waals surface area contributed by atoms with E-state index in [1.165, 1.54) is 0 Å². The van der Waals surface area contributed by atoms with Gasteiger partial charge in [0.15, 0.2) is 11.5 Å². The van der Waals surface area contributed by atoms with E-state index in [2.05, 4.69) is 0 Å². The Morgan fingerprint density at radius 2 is 2.26 bits per heavy atom. The molecule has 19 heavy (non-hydrogen) atoms. The van der Waals surface area contributed by atoms with Gasteiger partial charge in [0.1, 0.15) is 0 Å². The van der Waals surface area contributed by atoms with Crippen molar-refractivity contribution in [3.63, 3.8) is 0 Å². The van der Waals surface area contributed by atoms with E-state index in [1.807, 2.05) is 23.1 Å². The van der Waals surface area contributed by atoms with Crippen molar-refractivity contribution in [3.05, 3.63) is 23.8 Å². The molecule has 2 aliphatic heterocycles. The van der Waals surface area contributed by atoms with Gasteiger partial charge >= 0.3 is 0 Å². The molecule has 5 nitrogen and oxygen atoms in total. The molecule has 0 aromatic heterocycles. The highest BCUT2D eigenvalue weighted by atomic mass is 16.7. The van der Waals surface area contributed by atoms with E-state index in [0.29, 0.717) is 6.54 Å². The fraction of sp³-hybridized carbons (Fsp3) is 0.500. The number of carbonyl (C=O) groups excluding carboxylic acids is 1. The molecule has 5 heteroatoms. The van der Waals surface area contributed by atoms with E-state index in [-0.39, 0.29) is 24.7 Å². The molecule has 3 rings (SSSR count). The van der Waals surface area contributed by atoms with Crippen LogP contribution in [0.15, 0.2) is 18.2 Å². The zero-order chi connectivity index (χ0) is 13.4. The zero-order valence-corrected chi connectivity index (χ0v) is 11.0. The molecule has 0 radical (unpaired) electrons. The topological polar surface area (TPSA) is 64.8 Å². The van der Waals surface area contributed by atoms with E-state index >= 15 is 0 Å². The summed E-state index contributed by atoms with van der Waals surface area (Å²) in [6, 6.07) is 5.85. The highest BCUT2D eigenvalue weighted by molar-refractivity contribution is 5.73. The Balaban J connectivity index is 1.84. The second kappa shape index (κ2) is 4.74. The molecule has 1 aromatic carbocycles. The van der Waals surface area contributed by atoms with Crippen molar-refractivity contribution in [2.24, 2.45) is 5.73 Å². The Kier molecular flexibility index (Phi) is 3.06. The molecule has 2 heterocycles. The molecule has 0 aliphatic carbocycles. The number of carbonyl (C=O) groups is 1. The Labute approximate surface area is 112 Å². The molecule has 1 aromatic rings. The summed E-state index contributed by atoms with van der Waals surface area (Å²) in [7, 11) is 0. The van der Waals surface area contributed by atoms with Gasteiger partial charge in [-0.15, -0.1) is 0 Å². The molecule has 2 unspecified atom stereocenters. The highest BCUT2D eigenvalue weighted by Gasteiger charge is 2.32. The molecule has 1 saturated heterocycles. The van der Waals surface area contributed by atoms with Crippen molar-refractivity contribution in [2.75, 3.05) is 19.9 Å². The lowest BCUT2D eigenvalue weighted by atomic mass is 9.85. The SMILES string of the molecule is CC(=O)N1CCC(c2cccc3c2OCO3)C(N)C1. The minimum Gasteiger partial charge on any atom is -0.454 e. The number of fused-ring (bicyclic) bond motifs is 1. The largest absolute Gasteiger partial charge is 0.454 e. The van der Waals surface area contributed by atoms with Gasteiger partial charge in [0.25, 0.3) is 0 Å². The lowest BCUT2D eigenvalue weighted by molar-refractivity contribution is -0.130. The van der Waals surface area contributed by atoms with Crippen LogP contribution in [0, 0.1) is 0 Å². The summed E-state index contributed by atoms with van der Waals surface area (Å²) in [5.74, 6) is 1.91. The van der Waals surface area contributed by atoms with Gasteiger partial charge in [0.2, 0.25) is 12.7 Å². The summed E-state index contributed by atoms with van der Waals surface area (Å²) in [6.07, 6.45) is 0.862. The predicted molar refractivity (Wildman–Crippen MR) is 70.2 cm³/mol. The average molecular weight is 262 g/mol. The summed E-state index contributed by atoms with van der Waals surface area (Å²) in [5, 5.41) is 0. The van der Waals surface area contributed by atoms with Gasteiger partial charge in [-0.05, 0) is 12.5 Å². The van der Waals surface area contributed by atoms with Crippen molar-refractivity contribution in [1.82, 2.24) is 4.90 Å². The van der Waals surface area contributed by atoms with Crippen LogP contribution in [0.25, 0.3) is 0 Å². The first-order chi connectivity index (χ1) is 9.16. The number of nitrogens with two attached hydrogens (primary N) is 1. The predicted octanol–water partition coefficient (Wildman–Crippen LogP) is 1.08. The first-order valence-corrected chi connectivity index (χ1v) is 6.56. The number of hydrogen-bond acceptors (Lipinski definition) is 4. The maximum atomic E-state index is 11.4. The van der Waals surface area contributed by atoms with Crippen LogP contribution in [-0.2, 0) is 4.79 Å². The van der Waals surface area contributed by atoms with Gasteiger partial charge in [0, 0.05) is 37.5 Å². The van der Waals surface area contributed by atoms with Crippen molar-refractivity contribution in [1.29, 1.82) is 0 Å². The van der Waals surface area contributed by atoms with E-state index in [0.717, 1.165) is 30.0 Å². The molecule has 1 fully saturated rings. The number of rotatable bonds is 1. The first kappa shape index (κ1) is 12.3. The number of piperidine rings is 1. The third-order valence-corrected chi connectivity index (χ3v) is 3.93. The van der Waals surface area contributed by atoms with Gasteiger partial charge in [0.05, 0.1) is 0 Å². The number of nitrogens with zero attached hydrogens (tertiary/aromatic N) is 1. The average Bonchev–Trinajstić information content (AvgIpc) is 2.86. The quantitative estimate of drug-likeness (QED) is 0.822. The van der Waals surface area contributed by atoms with E-state index in [1.54, 1.807) is 6.92 Å². The lowest BCUT2D eigenvalue weighted by Gasteiger charge is -2.36. The van der Waals surface area contributed by atoms with Gasteiger partial charge in [-0.25, -0.2) is 0 Å². The molecule has 0 bridgehead atoms. The van der Waals surface area contributed by atoms with Gasteiger partial charge in [-0.3, -0.25) is 4.79 Å². The van der Waals surface area contributed by atoms with Crippen molar-refractivity contribution >= 4 is 5.91 Å². The normalized spacial score (nSPS) is 25.5. The van der Waals surface area contributed by atoms with E-state index in [4.69, 9.17) is 15.2 Å². The van der Waals surface area contributed by atoms with Crippen molar-refractivity contribution in [2.45, 2.75) is 25.3 Å². The molecule has 1 amide bonds. The summed E-state index contributed by atoms with van der Waals surface area (Å²) in [4.78, 5) is 13.2. The monoisotopic (exact) mass is 262 g/mol. The van der Waals surface area contributed by atoms with Crippen molar-refractivity contribution in [3.8, 4) is 11.5 Å². The number of likely N-dealkylation sites (tertiary alicyclic amines) is 1. The van der Waals surface area contributed by atoms with Crippen LogP contribution in [0.4, 0.5) is 0 Å². The third kappa shape index (κ3) is 2.14. The lowest BCUT2D eigenvalue weighted by Crippen LogP contribution is -2.48. The van der Waals surface area contributed by atoms with E-state index < -0.39 is 0 Å². The van der Waals surface area contributed by atoms with Gasteiger partial charge < -0.3 is 20.1 Å². The smallest absolute Gasteiger partial charge is 0.231 e. The Hall–Kier alpha value is -1.75.